The molecule has 1 rings (SSSR count). The second-order valence-corrected chi connectivity index (χ2v) is 4.45. The van der Waals surface area contributed by atoms with E-state index in [2.05, 4.69) is 9.69 Å². The molecule has 0 saturated carbocycles. The molecule has 1 heterocycles. The number of aromatic nitrogens is 1. The van der Waals surface area contributed by atoms with Crippen molar-refractivity contribution < 1.29 is 5.11 Å². The van der Waals surface area contributed by atoms with Crippen LogP contribution in [0.4, 0.5) is 10.8 Å². The Hall–Kier alpha value is -0.460. The van der Waals surface area contributed by atoms with Crippen molar-refractivity contribution in [3.05, 3.63) is 0 Å². The normalized spacial score (nSPS) is 12.8. The molecule has 1 atom stereocenters. The van der Waals surface area contributed by atoms with Crippen molar-refractivity contribution >= 4 is 34.1 Å². The number of thioether (sulfide) groups is 1. The third kappa shape index (κ3) is 2.52. The van der Waals surface area contributed by atoms with E-state index in [1.54, 1.807) is 11.8 Å². The standard InChI is InChI=1S/C8H15N3OS2/c1-3-5(4-12)10-8-6(13-2)7(9)11-14-8/h5,10,12H,3-4H2,1-2H3,(H2,9,11). The first-order valence-electron chi connectivity index (χ1n) is 4.39. The Morgan fingerprint density at radius 2 is 2.43 bits per heavy atom. The largest absolute Gasteiger partial charge is 0.394 e. The average Bonchev–Trinajstić information content (AvgIpc) is 2.55. The van der Waals surface area contributed by atoms with E-state index >= 15 is 0 Å². The molecule has 1 unspecified atom stereocenters. The summed E-state index contributed by atoms with van der Waals surface area (Å²) in [6.45, 7) is 2.15. The van der Waals surface area contributed by atoms with Crippen molar-refractivity contribution in [3.63, 3.8) is 0 Å². The van der Waals surface area contributed by atoms with Crippen LogP contribution in [0.3, 0.4) is 0 Å². The van der Waals surface area contributed by atoms with Gasteiger partial charge in [-0.05, 0) is 24.2 Å². The monoisotopic (exact) mass is 233 g/mol. The second-order valence-electron chi connectivity index (χ2n) is 2.86. The van der Waals surface area contributed by atoms with Gasteiger partial charge in [0.2, 0.25) is 0 Å². The van der Waals surface area contributed by atoms with E-state index in [1.807, 2.05) is 13.2 Å². The molecule has 0 spiro atoms. The fraction of sp³-hybridized carbons (Fsp3) is 0.625. The highest BCUT2D eigenvalue weighted by molar-refractivity contribution is 7.99. The SMILES string of the molecule is CCC(CO)Nc1snc(N)c1SC. The Morgan fingerprint density at radius 1 is 1.71 bits per heavy atom. The van der Waals surface area contributed by atoms with Crippen LogP contribution in [0.2, 0.25) is 0 Å². The number of hydrogen-bond acceptors (Lipinski definition) is 6. The maximum absolute atomic E-state index is 9.04. The summed E-state index contributed by atoms with van der Waals surface area (Å²) in [5, 5.41) is 13.2. The summed E-state index contributed by atoms with van der Waals surface area (Å²) in [5.41, 5.74) is 5.69. The van der Waals surface area contributed by atoms with Gasteiger partial charge >= 0.3 is 0 Å². The quantitative estimate of drug-likeness (QED) is 0.674. The van der Waals surface area contributed by atoms with Crippen molar-refractivity contribution in [2.45, 2.75) is 24.3 Å². The highest BCUT2D eigenvalue weighted by Gasteiger charge is 2.13. The molecule has 0 aromatic carbocycles. The van der Waals surface area contributed by atoms with Gasteiger partial charge in [0.05, 0.1) is 11.5 Å². The van der Waals surface area contributed by atoms with Gasteiger partial charge in [-0.1, -0.05) is 6.92 Å². The number of aliphatic hydroxyl groups is 1. The number of nitrogens with one attached hydrogen (secondary N) is 1. The molecule has 4 N–H and O–H groups in total. The zero-order valence-corrected chi connectivity index (χ0v) is 9.91. The van der Waals surface area contributed by atoms with Gasteiger partial charge in [-0.15, -0.1) is 11.8 Å². The Morgan fingerprint density at radius 3 is 2.93 bits per heavy atom. The van der Waals surface area contributed by atoms with E-state index in [-0.39, 0.29) is 12.6 Å². The third-order valence-electron chi connectivity index (χ3n) is 1.93. The maximum Gasteiger partial charge on any atom is 0.153 e. The van der Waals surface area contributed by atoms with Crippen LogP contribution < -0.4 is 11.1 Å². The summed E-state index contributed by atoms with van der Waals surface area (Å²) in [6.07, 6.45) is 2.84. The lowest BCUT2D eigenvalue weighted by molar-refractivity contribution is 0.272. The van der Waals surface area contributed by atoms with Gasteiger partial charge in [-0.2, -0.15) is 4.37 Å². The summed E-state index contributed by atoms with van der Waals surface area (Å²) in [5.74, 6) is 0.567. The molecule has 1 aromatic rings. The highest BCUT2D eigenvalue weighted by Crippen LogP contribution is 2.35. The minimum atomic E-state index is 0.0840. The zero-order valence-electron chi connectivity index (χ0n) is 8.28. The van der Waals surface area contributed by atoms with Crippen LogP contribution in [0.25, 0.3) is 0 Å². The summed E-state index contributed by atoms with van der Waals surface area (Å²) in [4.78, 5) is 0.974. The molecule has 80 valence electrons. The number of nitrogens with two attached hydrogens (primary N) is 1. The van der Waals surface area contributed by atoms with E-state index in [9.17, 15) is 0 Å². The van der Waals surface area contributed by atoms with Crippen molar-refractivity contribution in [2.24, 2.45) is 0 Å². The van der Waals surface area contributed by atoms with Gasteiger partial charge in [0.25, 0.3) is 0 Å². The predicted molar refractivity (Wildman–Crippen MR) is 63.1 cm³/mol. The Balaban J connectivity index is 2.74. The first kappa shape index (κ1) is 11.6. The number of nitrogens with zero attached hydrogens (tertiary/aromatic N) is 1. The highest BCUT2D eigenvalue weighted by atomic mass is 32.2. The first-order valence-corrected chi connectivity index (χ1v) is 6.39. The van der Waals surface area contributed by atoms with Crippen LogP contribution in [0.15, 0.2) is 4.90 Å². The van der Waals surface area contributed by atoms with E-state index in [0.29, 0.717) is 5.82 Å². The van der Waals surface area contributed by atoms with Crippen LogP contribution in [0.5, 0.6) is 0 Å². The number of nitrogen functional groups attached to an aromatic ring is 1. The summed E-state index contributed by atoms with van der Waals surface area (Å²) in [6, 6.07) is 0.0840. The molecular formula is C8H15N3OS2. The number of rotatable bonds is 5. The smallest absolute Gasteiger partial charge is 0.153 e. The molecule has 1 aromatic heterocycles. The lowest BCUT2D eigenvalue weighted by atomic mass is 10.2. The lowest BCUT2D eigenvalue weighted by Crippen LogP contribution is -2.22. The molecule has 4 nitrogen and oxygen atoms in total. The topological polar surface area (TPSA) is 71.2 Å². The Kier molecular flexibility index (Phi) is 4.50. The molecule has 0 amide bonds. The molecule has 0 radical (unpaired) electrons. The minimum Gasteiger partial charge on any atom is -0.394 e. The minimum absolute atomic E-state index is 0.0840. The van der Waals surface area contributed by atoms with Crippen molar-refractivity contribution in [1.29, 1.82) is 0 Å². The summed E-state index contributed by atoms with van der Waals surface area (Å²) in [7, 11) is 0. The molecule has 0 fully saturated rings. The summed E-state index contributed by atoms with van der Waals surface area (Å²) >= 11 is 2.91. The molecule has 0 bridgehead atoms. The van der Waals surface area contributed by atoms with Crippen LogP contribution in [-0.4, -0.2) is 28.4 Å². The number of hydrogen-bond donors (Lipinski definition) is 3. The molecule has 0 aliphatic carbocycles. The van der Waals surface area contributed by atoms with Gasteiger partial charge in [0, 0.05) is 6.04 Å². The molecular weight excluding hydrogens is 218 g/mol. The van der Waals surface area contributed by atoms with Crippen LogP contribution >= 0.6 is 23.3 Å². The molecule has 0 aliphatic rings. The summed E-state index contributed by atoms with van der Waals surface area (Å²) < 4.78 is 4.06. The second kappa shape index (κ2) is 5.43. The van der Waals surface area contributed by atoms with Crippen LogP contribution in [-0.2, 0) is 0 Å². The van der Waals surface area contributed by atoms with Gasteiger partial charge in [-0.3, -0.25) is 0 Å². The molecule has 14 heavy (non-hydrogen) atoms. The first-order chi connectivity index (χ1) is 6.72. The fourth-order valence-electron chi connectivity index (χ4n) is 1.05. The molecule has 6 heteroatoms. The van der Waals surface area contributed by atoms with E-state index in [4.69, 9.17) is 10.8 Å². The lowest BCUT2D eigenvalue weighted by Gasteiger charge is -2.14. The van der Waals surface area contributed by atoms with Crippen LogP contribution in [0, 0.1) is 0 Å². The predicted octanol–water partition coefficient (Wildman–Crippen LogP) is 1.63. The van der Waals surface area contributed by atoms with Gasteiger partial charge in [-0.25, -0.2) is 0 Å². The van der Waals surface area contributed by atoms with Gasteiger partial charge in [0.15, 0.2) is 5.82 Å². The Labute approximate surface area is 92.1 Å². The van der Waals surface area contributed by atoms with Crippen molar-refractivity contribution in [3.8, 4) is 0 Å². The van der Waals surface area contributed by atoms with Crippen molar-refractivity contribution in [2.75, 3.05) is 23.9 Å². The zero-order chi connectivity index (χ0) is 10.6. The van der Waals surface area contributed by atoms with Gasteiger partial charge < -0.3 is 16.2 Å². The molecule has 0 saturated heterocycles. The van der Waals surface area contributed by atoms with E-state index < -0.39 is 0 Å². The number of aliphatic hydroxyl groups excluding tert-OH is 1. The fourth-order valence-corrected chi connectivity index (χ4v) is 2.65. The van der Waals surface area contributed by atoms with Crippen molar-refractivity contribution in [1.82, 2.24) is 4.37 Å². The molecule has 0 aliphatic heterocycles. The number of anilines is 2. The average molecular weight is 233 g/mol. The third-order valence-corrected chi connectivity index (χ3v) is 3.67. The van der Waals surface area contributed by atoms with E-state index in [0.717, 1.165) is 16.3 Å². The maximum atomic E-state index is 9.04. The van der Waals surface area contributed by atoms with Gasteiger partial charge in [0.1, 0.15) is 5.00 Å². The van der Waals surface area contributed by atoms with Crippen LogP contribution in [0.1, 0.15) is 13.3 Å². The van der Waals surface area contributed by atoms with E-state index in [1.165, 1.54) is 11.5 Å². The Bertz CT molecular complexity index is 286.